The van der Waals surface area contributed by atoms with E-state index in [1.165, 1.54) is 22.5 Å². The summed E-state index contributed by atoms with van der Waals surface area (Å²) in [4.78, 5) is 27.3. The number of piperazine rings is 1. The van der Waals surface area contributed by atoms with Crippen molar-refractivity contribution in [1.82, 2.24) is 14.1 Å². The van der Waals surface area contributed by atoms with Crippen molar-refractivity contribution in [3.63, 3.8) is 0 Å². The molecule has 3 rings (SSSR count). The van der Waals surface area contributed by atoms with E-state index in [0.29, 0.717) is 0 Å². The predicted octanol–water partition coefficient (Wildman–Crippen LogP) is 0.389. The van der Waals surface area contributed by atoms with Crippen LogP contribution >= 0.6 is 0 Å². The zero-order valence-electron chi connectivity index (χ0n) is 16.3. The Bertz CT molecular complexity index is 856. The Labute approximate surface area is 170 Å². The molecule has 0 spiro atoms. The number of piperidine rings is 1. The molecule has 2 saturated heterocycles. The average Bonchev–Trinajstić information content (AvgIpc) is 2.69. The van der Waals surface area contributed by atoms with Gasteiger partial charge in [-0.1, -0.05) is 18.6 Å². The molecule has 0 aromatic heterocycles. The Morgan fingerprint density at radius 3 is 2.41 bits per heavy atom. The molecule has 0 saturated carbocycles. The van der Waals surface area contributed by atoms with Crippen LogP contribution in [0.3, 0.4) is 0 Å². The van der Waals surface area contributed by atoms with E-state index in [1.807, 2.05) is 4.90 Å². The number of rotatable bonds is 6. The first-order valence-electron chi connectivity index (χ1n) is 9.84. The monoisotopic (exact) mass is 426 g/mol. The molecule has 29 heavy (non-hydrogen) atoms. The number of benzene rings is 1. The van der Waals surface area contributed by atoms with Gasteiger partial charge in [-0.05, 0) is 31.5 Å². The first-order valence-corrected chi connectivity index (χ1v) is 11.3. The van der Waals surface area contributed by atoms with Gasteiger partial charge in [0, 0.05) is 38.6 Å². The Morgan fingerprint density at radius 1 is 1.07 bits per heavy atom. The second-order valence-corrected chi connectivity index (χ2v) is 9.41. The van der Waals surface area contributed by atoms with Gasteiger partial charge in [0.05, 0.1) is 6.54 Å². The Morgan fingerprint density at radius 2 is 1.76 bits per heavy atom. The minimum Gasteiger partial charge on any atom is -0.370 e. The van der Waals surface area contributed by atoms with E-state index in [0.717, 1.165) is 31.9 Å². The zero-order chi connectivity index (χ0) is 21.0. The fraction of sp³-hybridized carbons (Fsp3) is 0.579. The summed E-state index contributed by atoms with van der Waals surface area (Å²) >= 11 is 0. The Balaban J connectivity index is 1.58. The summed E-state index contributed by atoms with van der Waals surface area (Å²) in [6.45, 7) is 1.67. The molecule has 10 heteroatoms. The van der Waals surface area contributed by atoms with E-state index in [-0.39, 0.29) is 61.9 Å². The number of sulfonamides is 1. The van der Waals surface area contributed by atoms with Crippen LogP contribution in [0.15, 0.2) is 29.2 Å². The van der Waals surface area contributed by atoms with Gasteiger partial charge in [-0.3, -0.25) is 14.5 Å². The number of carbonyl (C=O) groups is 2. The van der Waals surface area contributed by atoms with Crippen molar-refractivity contribution in [2.45, 2.75) is 36.6 Å². The highest BCUT2D eigenvalue weighted by Crippen LogP contribution is 2.22. The molecule has 2 aliphatic rings. The van der Waals surface area contributed by atoms with E-state index >= 15 is 0 Å². The summed E-state index contributed by atoms with van der Waals surface area (Å²) in [5, 5.41) is 0. The maximum absolute atomic E-state index is 13.9. The molecule has 2 heterocycles. The smallest absolute Gasteiger partial charge is 0.246 e. The van der Waals surface area contributed by atoms with Crippen LogP contribution in [0.25, 0.3) is 0 Å². The van der Waals surface area contributed by atoms with Crippen molar-refractivity contribution >= 4 is 21.8 Å². The molecule has 2 amide bonds. The van der Waals surface area contributed by atoms with Gasteiger partial charge >= 0.3 is 0 Å². The number of hydrogen-bond donors (Lipinski definition) is 1. The number of hydrogen-bond acceptors (Lipinski definition) is 5. The van der Waals surface area contributed by atoms with Gasteiger partial charge in [0.1, 0.15) is 10.7 Å². The highest BCUT2D eigenvalue weighted by Gasteiger charge is 2.33. The lowest BCUT2D eigenvalue weighted by Gasteiger charge is -2.38. The third kappa shape index (κ3) is 5.12. The summed E-state index contributed by atoms with van der Waals surface area (Å²) in [6, 6.07) is 5.27. The first kappa shape index (κ1) is 21.7. The van der Waals surface area contributed by atoms with Crippen molar-refractivity contribution in [1.29, 1.82) is 0 Å². The summed E-state index contributed by atoms with van der Waals surface area (Å²) in [6.07, 6.45) is 3.05. The minimum absolute atomic E-state index is 0.0204. The lowest BCUT2D eigenvalue weighted by Crippen LogP contribution is -2.54. The van der Waals surface area contributed by atoms with Crippen LogP contribution in [-0.4, -0.2) is 79.6 Å². The van der Waals surface area contributed by atoms with E-state index in [2.05, 4.69) is 0 Å². The van der Waals surface area contributed by atoms with Crippen LogP contribution in [0.4, 0.5) is 4.39 Å². The van der Waals surface area contributed by atoms with Gasteiger partial charge in [0.2, 0.25) is 21.8 Å². The largest absolute Gasteiger partial charge is 0.370 e. The lowest BCUT2D eigenvalue weighted by atomic mass is 9.99. The molecule has 0 radical (unpaired) electrons. The van der Waals surface area contributed by atoms with Gasteiger partial charge in [0.15, 0.2) is 0 Å². The quantitative estimate of drug-likeness (QED) is 0.709. The molecule has 1 aromatic carbocycles. The fourth-order valence-electron chi connectivity index (χ4n) is 3.98. The molecule has 1 unspecified atom stereocenters. The van der Waals surface area contributed by atoms with Crippen LogP contribution < -0.4 is 5.73 Å². The van der Waals surface area contributed by atoms with Crippen LogP contribution in [-0.2, 0) is 19.6 Å². The van der Waals surface area contributed by atoms with Crippen LogP contribution in [0, 0.1) is 5.82 Å². The van der Waals surface area contributed by atoms with Crippen LogP contribution in [0.5, 0.6) is 0 Å². The number of carbonyl (C=O) groups excluding carboxylic acids is 2. The second kappa shape index (κ2) is 9.19. The van der Waals surface area contributed by atoms with E-state index < -0.39 is 15.8 Å². The number of amides is 2. The fourth-order valence-corrected chi connectivity index (χ4v) is 5.46. The normalized spacial score (nSPS) is 21.8. The molecule has 2 N–H and O–H groups in total. The molecule has 0 bridgehead atoms. The highest BCUT2D eigenvalue weighted by molar-refractivity contribution is 7.89. The predicted molar refractivity (Wildman–Crippen MR) is 105 cm³/mol. The SMILES string of the molecule is NC(=O)CC1CCCCN1CC(=O)N1CCN(S(=O)(=O)c2ccccc2F)CC1. The van der Waals surface area contributed by atoms with Crippen LogP contribution in [0.1, 0.15) is 25.7 Å². The topological polar surface area (TPSA) is 104 Å². The Hall–Kier alpha value is -2.04. The number of primary amides is 1. The molecule has 160 valence electrons. The van der Waals surface area contributed by atoms with Crippen LogP contribution in [0.2, 0.25) is 0 Å². The molecular formula is C19H27FN4O4S. The summed E-state index contributed by atoms with van der Waals surface area (Å²) in [5.41, 5.74) is 5.32. The maximum Gasteiger partial charge on any atom is 0.246 e. The van der Waals surface area contributed by atoms with E-state index in [1.54, 1.807) is 4.90 Å². The average molecular weight is 427 g/mol. The highest BCUT2D eigenvalue weighted by atomic mass is 32.2. The summed E-state index contributed by atoms with van der Waals surface area (Å²) in [5.74, 6) is -1.25. The molecule has 1 atom stereocenters. The molecule has 1 aromatic rings. The molecular weight excluding hydrogens is 399 g/mol. The van der Waals surface area contributed by atoms with Crippen molar-refractivity contribution < 1.29 is 22.4 Å². The van der Waals surface area contributed by atoms with Gasteiger partial charge in [-0.15, -0.1) is 0 Å². The molecule has 2 fully saturated rings. The standard InChI is InChI=1S/C19H27FN4O4S/c20-16-6-1-2-7-17(16)29(27,28)24-11-9-22(10-12-24)19(26)14-23-8-4-3-5-15(23)13-18(21)25/h1-2,6-7,15H,3-5,8-14H2,(H2,21,25). The van der Waals surface area contributed by atoms with Crippen molar-refractivity contribution in [3.8, 4) is 0 Å². The van der Waals surface area contributed by atoms with Gasteiger partial charge in [0.25, 0.3) is 0 Å². The number of nitrogens with two attached hydrogens (primary N) is 1. The van der Waals surface area contributed by atoms with Crippen molar-refractivity contribution in [3.05, 3.63) is 30.1 Å². The maximum atomic E-state index is 13.9. The molecule has 8 nitrogen and oxygen atoms in total. The first-order chi connectivity index (χ1) is 13.8. The zero-order valence-corrected chi connectivity index (χ0v) is 17.1. The lowest BCUT2D eigenvalue weighted by molar-refractivity contribution is -0.135. The minimum atomic E-state index is -3.93. The Kier molecular flexibility index (Phi) is 6.86. The van der Waals surface area contributed by atoms with Gasteiger partial charge < -0.3 is 10.6 Å². The van der Waals surface area contributed by atoms with Crippen molar-refractivity contribution in [2.24, 2.45) is 5.73 Å². The summed E-state index contributed by atoms with van der Waals surface area (Å²) in [7, 11) is -3.93. The van der Waals surface area contributed by atoms with Crippen molar-refractivity contribution in [2.75, 3.05) is 39.3 Å². The molecule has 2 aliphatic heterocycles. The van der Waals surface area contributed by atoms with Gasteiger partial charge in [-0.2, -0.15) is 4.31 Å². The van der Waals surface area contributed by atoms with E-state index in [4.69, 9.17) is 5.73 Å². The third-order valence-corrected chi connectivity index (χ3v) is 7.50. The summed E-state index contributed by atoms with van der Waals surface area (Å²) < 4.78 is 40.5. The molecule has 0 aliphatic carbocycles. The number of nitrogens with zero attached hydrogens (tertiary/aromatic N) is 3. The third-order valence-electron chi connectivity index (χ3n) is 5.57. The number of halogens is 1. The van der Waals surface area contributed by atoms with Gasteiger partial charge in [-0.25, -0.2) is 12.8 Å². The van der Waals surface area contributed by atoms with E-state index in [9.17, 15) is 22.4 Å². The number of likely N-dealkylation sites (tertiary alicyclic amines) is 1. The second-order valence-electron chi connectivity index (χ2n) is 7.51.